The Morgan fingerprint density at radius 2 is 1.90 bits per heavy atom. The van der Waals surface area contributed by atoms with E-state index in [2.05, 4.69) is 10.0 Å². The molecule has 3 rings (SSSR count). The highest BCUT2D eigenvalue weighted by Gasteiger charge is 2.19. The van der Waals surface area contributed by atoms with Gasteiger partial charge in [0, 0.05) is 6.20 Å². The predicted molar refractivity (Wildman–Crippen MR) is 110 cm³/mol. The first-order valence-corrected chi connectivity index (χ1v) is 10.7. The van der Waals surface area contributed by atoms with Crippen LogP contribution < -0.4 is 10.0 Å². The summed E-state index contributed by atoms with van der Waals surface area (Å²) in [6.45, 7) is 1.79. The molecule has 0 spiro atoms. The topological polar surface area (TPSA) is 108 Å². The first-order valence-electron chi connectivity index (χ1n) is 9.22. The standard InChI is InChI=1S/C21H21N3O4S/c1-2-28-21(25)17(13-22)14-23-19-8-3-4-9-20(19)24-29(26,27)18-11-10-15-6-5-7-16(15)12-18/h3-4,8-12,14,23-24H,2,5-7H2,1H3/b17-14+. The van der Waals surface area contributed by atoms with Gasteiger partial charge in [0.1, 0.15) is 6.07 Å². The van der Waals surface area contributed by atoms with Gasteiger partial charge in [-0.05, 0) is 61.6 Å². The van der Waals surface area contributed by atoms with Crippen molar-refractivity contribution in [3.63, 3.8) is 0 Å². The lowest BCUT2D eigenvalue weighted by molar-refractivity contribution is -0.138. The lowest BCUT2D eigenvalue weighted by atomic mass is 10.1. The molecule has 2 aromatic carbocycles. The molecular weight excluding hydrogens is 390 g/mol. The van der Waals surface area contributed by atoms with Gasteiger partial charge < -0.3 is 10.1 Å². The van der Waals surface area contributed by atoms with E-state index < -0.39 is 16.0 Å². The molecule has 1 aliphatic carbocycles. The number of nitrogens with zero attached hydrogens (tertiary/aromatic N) is 1. The third kappa shape index (κ3) is 4.76. The van der Waals surface area contributed by atoms with E-state index in [0.717, 1.165) is 24.8 Å². The van der Waals surface area contributed by atoms with E-state index in [0.29, 0.717) is 11.4 Å². The predicted octanol–water partition coefficient (Wildman–Crippen LogP) is 3.36. The number of fused-ring (bicyclic) bond motifs is 1. The van der Waals surface area contributed by atoms with Gasteiger partial charge in [0.05, 0.1) is 22.9 Å². The van der Waals surface area contributed by atoms with E-state index in [1.165, 1.54) is 11.8 Å². The molecule has 0 atom stereocenters. The van der Waals surface area contributed by atoms with Crippen LogP contribution in [-0.4, -0.2) is 21.0 Å². The van der Waals surface area contributed by atoms with Crippen molar-refractivity contribution < 1.29 is 17.9 Å². The molecule has 0 bridgehead atoms. The minimum absolute atomic E-state index is 0.148. The Labute approximate surface area is 170 Å². The van der Waals surface area contributed by atoms with Crippen molar-refractivity contribution in [3.05, 3.63) is 65.4 Å². The maximum absolute atomic E-state index is 12.9. The number of rotatable bonds is 7. The fraction of sp³-hybridized carbons (Fsp3) is 0.238. The molecule has 0 saturated carbocycles. The molecule has 0 amide bonds. The van der Waals surface area contributed by atoms with Crippen LogP contribution in [0.5, 0.6) is 0 Å². The number of carbonyl (C=O) groups is 1. The number of ether oxygens (including phenoxy) is 1. The van der Waals surface area contributed by atoms with Gasteiger partial charge in [0.25, 0.3) is 10.0 Å². The van der Waals surface area contributed by atoms with Crippen molar-refractivity contribution in [3.8, 4) is 6.07 Å². The van der Waals surface area contributed by atoms with E-state index >= 15 is 0 Å². The smallest absolute Gasteiger partial charge is 0.350 e. The minimum Gasteiger partial charge on any atom is -0.462 e. The number of esters is 1. The van der Waals surface area contributed by atoms with E-state index in [-0.39, 0.29) is 17.1 Å². The number of hydrogen-bond acceptors (Lipinski definition) is 6. The monoisotopic (exact) mass is 411 g/mol. The van der Waals surface area contributed by atoms with Crippen molar-refractivity contribution in [2.75, 3.05) is 16.6 Å². The Hall–Kier alpha value is -3.31. The second-order valence-electron chi connectivity index (χ2n) is 6.47. The summed E-state index contributed by atoms with van der Waals surface area (Å²) in [7, 11) is -3.79. The number of anilines is 2. The van der Waals surface area contributed by atoms with Crippen molar-refractivity contribution in [2.24, 2.45) is 0 Å². The van der Waals surface area contributed by atoms with Gasteiger partial charge in [-0.3, -0.25) is 4.72 Å². The quantitative estimate of drug-likeness (QED) is 0.411. The highest BCUT2D eigenvalue weighted by molar-refractivity contribution is 7.92. The Morgan fingerprint density at radius 3 is 2.62 bits per heavy atom. The van der Waals surface area contributed by atoms with Crippen molar-refractivity contribution in [1.29, 1.82) is 5.26 Å². The summed E-state index contributed by atoms with van der Waals surface area (Å²) >= 11 is 0. The molecule has 29 heavy (non-hydrogen) atoms. The van der Waals surface area contributed by atoms with Crippen molar-refractivity contribution in [2.45, 2.75) is 31.1 Å². The maximum Gasteiger partial charge on any atom is 0.350 e. The molecule has 150 valence electrons. The highest BCUT2D eigenvalue weighted by Crippen LogP contribution is 2.28. The Kier molecular flexibility index (Phi) is 6.20. The molecular formula is C21H21N3O4S. The Morgan fingerprint density at radius 1 is 1.17 bits per heavy atom. The first kappa shape index (κ1) is 20.4. The number of nitriles is 1. The van der Waals surface area contributed by atoms with Gasteiger partial charge in [-0.1, -0.05) is 18.2 Å². The molecule has 0 heterocycles. The summed E-state index contributed by atoms with van der Waals surface area (Å²) in [5.41, 5.74) is 2.73. The van der Waals surface area contributed by atoms with E-state index in [4.69, 9.17) is 10.00 Å². The molecule has 0 unspecified atom stereocenters. The average Bonchev–Trinajstić information content (AvgIpc) is 3.17. The first-order chi connectivity index (χ1) is 13.9. The zero-order valence-corrected chi connectivity index (χ0v) is 16.8. The Balaban J connectivity index is 1.83. The minimum atomic E-state index is -3.79. The van der Waals surface area contributed by atoms with Gasteiger partial charge >= 0.3 is 5.97 Å². The number of hydrogen-bond donors (Lipinski definition) is 2. The van der Waals surface area contributed by atoms with Crippen LogP contribution >= 0.6 is 0 Å². The molecule has 0 radical (unpaired) electrons. The number of para-hydroxylation sites is 2. The largest absolute Gasteiger partial charge is 0.462 e. The number of benzene rings is 2. The van der Waals surface area contributed by atoms with Gasteiger partial charge in [-0.15, -0.1) is 0 Å². The van der Waals surface area contributed by atoms with Crippen LogP contribution in [0.15, 0.2) is 59.1 Å². The number of carbonyl (C=O) groups excluding carboxylic acids is 1. The van der Waals surface area contributed by atoms with Crippen LogP contribution in [0.3, 0.4) is 0 Å². The van der Waals surface area contributed by atoms with Crippen molar-refractivity contribution in [1.82, 2.24) is 0 Å². The van der Waals surface area contributed by atoms with Crippen LogP contribution in [0.2, 0.25) is 0 Å². The molecule has 1 aliphatic rings. The van der Waals surface area contributed by atoms with E-state index in [1.807, 2.05) is 6.07 Å². The third-order valence-electron chi connectivity index (χ3n) is 4.54. The zero-order chi connectivity index (χ0) is 20.9. The third-order valence-corrected chi connectivity index (χ3v) is 5.90. The molecule has 8 heteroatoms. The van der Waals surface area contributed by atoms with Gasteiger partial charge in [0.15, 0.2) is 5.57 Å². The summed E-state index contributed by atoms with van der Waals surface area (Å²) in [6.07, 6.45) is 4.09. The molecule has 2 aromatic rings. The molecule has 2 N–H and O–H groups in total. The van der Waals surface area contributed by atoms with Gasteiger partial charge in [-0.2, -0.15) is 5.26 Å². The molecule has 0 saturated heterocycles. The maximum atomic E-state index is 12.9. The normalized spacial score (nSPS) is 13.3. The van der Waals surface area contributed by atoms with Crippen LogP contribution in [0.25, 0.3) is 0 Å². The van der Waals surface area contributed by atoms with Gasteiger partial charge in [-0.25, -0.2) is 13.2 Å². The molecule has 0 aromatic heterocycles. The summed E-state index contributed by atoms with van der Waals surface area (Å²) in [5.74, 6) is -0.751. The molecule has 0 aliphatic heterocycles. The number of aryl methyl sites for hydroxylation is 2. The lowest BCUT2D eigenvalue weighted by Crippen LogP contribution is -2.14. The summed E-state index contributed by atoms with van der Waals surface area (Å²) in [5, 5.41) is 11.9. The van der Waals surface area contributed by atoms with Gasteiger partial charge in [0.2, 0.25) is 0 Å². The summed E-state index contributed by atoms with van der Waals surface area (Å²) in [4.78, 5) is 11.9. The fourth-order valence-electron chi connectivity index (χ4n) is 3.11. The highest BCUT2D eigenvalue weighted by atomic mass is 32.2. The Bertz CT molecular complexity index is 1100. The SMILES string of the molecule is CCOC(=O)/C(C#N)=C/Nc1ccccc1NS(=O)(=O)c1ccc2c(c1)CCC2. The number of sulfonamides is 1. The van der Waals surface area contributed by atoms with Crippen LogP contribution in [0, 0.1) is 11.3 Å². The van der Waals surface area contributed by atoms with Crippen molar-refractivity contribution >= 4 is 27.4 Å². The second kappa shape index (κ2) is 8.80. The van der Waals surface area contributed by atoms with E-state index in [1.54, 1.807) is 49.4 Å². The fourth-order valence-corrected chi connectivity index (χ4v) is 4.24. The average molecular weight is 411 g/mol. The zero-order valence-electron chi connectivity index (χ0n) is 15.9. The lowest BCUT2D eigenvalue weighted by Gasteiger charge is -2.13. The summed E-state index contributed by atoms with van der Waals surface area (Å²) in [6, 6.07) is 13.6. The van der Waals surface area contributed by atoms with E-state index in [9.17, 15) is 13.2 Å². The summed E-state index contributed by atoms with van der Waals surface area (Å²) < 4.78 is 33.1. The molecule has 7 nitrogen and oxygen atoms in total. The number of nitrogens with one attached hydrogen (secondary N) is 2. The van der Waals surface area contributed by atoms with Crippen LogP contribution in [0.4, 0.5) is 11.4 Å². The second-order valence-corrected chi connectivity index (χ2v) is 8.15. The van der Waals surface area contributed by atoms with Crippen LogP contribution in [0.1, 0.15) is 24.5 Å². The van der Waals surface area contributed by atoms with Crippen LogP contribution in [-0.2, 0) is 32.4 Å². The molecule has 0 fully saturated rings.